The molecule has 0 atom stereocenters. The Morgan fingerprint density at radius 2 is 1.96 bits per heavy atom. The Balaban J connectivity index is 1.73. The highest BCUT2D eigenvalue weighted by atomic mass is 35.5. The van der Waals surface area contributed by atoms with Gasteiger partial charge in [-0.05, 0) is 50.5 Å². The van der Waals surface area contributed by atoms with Gasteiger partial charge in [0.05, 0.1) is 12.5 Å². The number of likely N-dealkylation sites (tertiary alicyclic amines) is 1. The number of hydrogen-bond donors (Lipinski definition) is 0. The van der Waals surface area contributed by atoms with Crippen molar-refractivity contribution in [2.24, 2.45) is 5.92 Å². The third kappa shape index (κ3) is 5.03. The quantitative estimate of drug-likeness (QED) is 0.598. The minimum atomic E-state index is -0.441. The lowest BCUT2D eigenvalue weighted by atomic mass is 9.97. The van der Waals surface area contributed by atoms with E-state index in [1.54, 1.807) is 30.0 Å². The van der Waals surface area contributed by atoms with Crippen LogP contribution in [0.3, 0.4) is 0 Å². The van der Waals surface area contributed by atoms with Gasteiger partial charge >= 0.3 is 12.1 Å². The van der Waals surface area contributed by atoms with Crippen molar-refractivity contribution in [3.05, 3.63) is 28.8 Å². The Hall–Kier alpha value is -1.95. The Labute approximate surface area is 146 Å². The lowest BCUT2D eigenvalue weighted by Gasteiger charge is -2.30. The van der Waals surface area contributed by atoms with Gasteiger partial charge in [0, 0.05) is 18.1 Å². The molecule has 0 bridgehead atoms. The molecule has 1 amide bonds. The average molecular weight is 356 g/mol. The first-order valence-electron chi connectivity index (χ1n) is 7.98. The van der Waals surface area contributed by atoms with Crippen LogP contribution in [0.4, 0.5) is 4.79 Å². The van der Waals surface area contributed by atoms with Crippen LogP contribution in [0.2, 0.25) is 5.02 Å². The summed E-state index contributed by atoms with van der Waals surface area (Å²) in [5.41, 5.74) is 0.869. The summed E-state index contributed by atoms with van der Waals surface area (Å²) in [7, 11) is 0. The van der Waals surface area contributed by atoms with Crippen LogP contribution in [0, 0.1) is 12.8 Å². The van der Waals surface area contributed by atoms with Gasteiger partial charge in [0.25, 0.3) is 0 Å². The fraction of sp³-hybridized carbons (Fsp3) is 0.529. The summed E-state index contributed by atoms with van der Waals surface area (Å²) in [6.45, 7) is 4.81. The molecule has 1 aromatic carbocycles. The van der Waals surface area contributed by atoms with Crippen molar-refractivity contribution >= 4 is 23.7 Å². The fourth-order valence-corrected chi connectivity index (χ4v) is 2.79. The van der Waals surface area contributed by atoms with Crippen LogP contribution in [-0.2, 0) is 14.3 Å². The first kappa shape index (κ1) is 18.4. The predicted molar refractivity (Wildman–Crippen MR) is 89.1 cm³/mol. The molecule has 1 aliphatic rings. The number of benzene rings is 1. The topological polar surface area (TPSA) is 65.1 Å². The molecule has 0 spiro atoms. The van der Waals surface area contributed by atoms with Crippen molar-refractivity contribution < 1.29 is 23.8 Å². The van der Waals surface area contributed by atoms with Gasteiger partial charge in [-0.2, -0.15) is 0 Å². The highest BCUT2D eigenvalue weighted by molar-refractivity contribution is 6.30. The monoisotopic (exact) mass is 355 g/mol. The molecule has 2 rings (SSSR count). The van der Waals surface area contributed by atoms with Crippen LogP contribution in [0.5, 0.6) is 5.75 Å². The van der Waals surface area contributed by atoms with E-state index < -0.39 is 6.09 Å². The third-order valence-corrected chi connectivity index (χ3v) is 4.14. The first-order chi connectivity index (χ1) is 11.5. The minimum Gasteiger partial charge on any atom is -0.466 e. The van der Waals surface area contributed by atoms with Crippen LogP contribution in [-0.4, -0.2) is 43.5 Å². The largest absolute Gasteiger partial charge is 0.466 e. The number of nitrogens with zero attached hydrogens (tertiary/aromatic N) is 1. The maximum Gasteiger partial charge on any atom is 0.412 e. The van der Waals surface area contributed by atoms with Crippen molar-refractivity contribution in [1.82, 2.24) is 4.90 Å². The maximum atomic E-state index is 12.0. The van der Waals surface area contributed by atoms with Gasteiger partial charge in [-0.15, -0.1) is 0 Å². The number of halogens is 1. The van der Waals surface area contributed by atoms with E-state index in [2.05, 4.69) is 0 Å². The molecule has 0 radical (unpaired) electrons. The lowest BCUT2D eigenvalue weighted by molar-refractivity contribution is -0.149. The third-order valence-electron chi connectivity index (χ3n) is 3.91. The maximum absolute atomic E-state index is 12.0. The zero-order valence-corrected chi connectivity index (χ0v) is 14.7. The van der Waals surface area contributed by atoms with Gasteiger partial charge in [0.1, 0.15) is 5.75 Å². The molecule has 0 saturated carbocycles. The van der Waals surface area contributed by atoms with Crippen LogP contribution < -0.4 is 4.74 Å². The summed E-state index contributed by atoms with van der Waals surface area (Å²) in [5.74, 6) is 0.294. The summed E-state index contributed by atoms with van der Waals surface area (Å²) in [4.78, 5) is 25.3. The summed E-state index contributed by atoms with van der Waals surface area (Å²) in [6.07, 6.45) is 0.736. The number of esters is 1. The molecule has 1 fully saturated rings. The second-order valence-corrected chi connectivity index (χ2v) is 6.03. The summed E-state index contributed by atoms with van der Waals surface area (Å²) < 4.78 is 15.6. The fourth-order valence-electron chi connectivity index (χ4n) is 2.57. The van der Waals surface area contributed by atoms with Gasteiger partial charge in [-0.3, -0.25) is 4.79 Å². The number of carbonyl (C=O) groups is 2. The molecule has 0 N–H and O–H groups in total. The average Bonchev–Trinajstić information content (AvgIpc) is 2.57. The van der Waals surface area contributed by atoms with Gasteiger partial charge in [0.2, 0.25) is 6.79 Å². The van der Waals surface area contributed by atoms with Gasteiger partial charge in [-0.25, -0.2) is 4.79 Å². The van der Waals surface area contributed by atoms with E-state index in [0.717, 1.165) is 5.56 Å². The van der Waals surface area contributed by atoms with E-state index >= 15 is 0 Å². The Morgan fingerprint density at radius 1 is 1.25 bits per heavy atom. The van der Waals surface area contributed by atoms with E-state index in [1.165, 1.54) is 0 Å². The SMILES string of the molecule is CCOC(=O)C1CCN(C(=O)OCOc2ccc(Cl)cc2C)CC1. The molecule has 6 nitrogen and oxygen atoms in total. The zero-order valence-electron chi connectivity index (χ0n) is 13.9. The van der Waals surface area contributed by atoms with Crippen molar-refractivity contribution in [3.63, 3.8) is 0 Å². The first-order valence-corrected chi connectivity index (χ1v) is 8.36. The summed E-state index contributed by atoms with van der Waals surface area (Å²) in [5, 5.41) is 0.626. The van der Waals surface area contributed by atoms with E-state index in [1.807, 2.05) is 6.92 Å². The van der Waals surface area contributed by atoms with Gasteiger partial charge < -0.3 is 19.1 Å². The number of rotatable bonds is 5. The molecule has 0 aliphatic carbocycles. The number of carbonyl (C=O) groups excluding carboxylic acids is 2. The number of aryl methyl sites for hydroxylation is 1. The Kier molecular flexibility index (Phi) is 6.73. The van der Waals surface area contributed by atoms with Gasteiger partial charge in [0.15, 0.2) is 0 Å². The summed E-state index contributed by atoms with van der Waals surface area (Å²) in [6, 6.07) is 5.22. The van der Waals surface area contributed by atoms with Crippen molar-refractivity contribution in [2.45, 2.75) is 26.7 Å². The zero-order chi connectivity index (χ0) is 17.5. The van der Waals surface area contributed by atoms with Crippen LogP contribution >= 0.6 is 11.6 Å². The number of ether oxygens (including phenoxy) is 3. The summed E-state index contributed by atoms with van der Waals surface area (Å²) >= 11 is 5.88. The smallest absolute Gasteiger partial charge is 0.412 e. The van der Waals surface area contributed by atoms with Crippen molar-refractivity contribution in [1.29, 1.82) is 0 Å². The second-order valence-electron chi connectivity index (χ2n) is 5.60. The van der Waals surface area contributed by atoms with Gasteiger partial charge in [-0.1, -0.05) is 11.6 Å². The number of amides is 1. The van der Waals surface area contributed by atoms with E-state index in [-0.39, 0.29) is 18.7 Å². The van der Waals surface area contributed by atoms with E-state index in [9.17, 15) is 9.59 Å². The van der Waals surface area contributed by atoms with Crippen molar-refractivity contribution in [3.8, 4) is 5.75 Å². The molecule has 7 heteroatoms. The molecule has 0 aromatic heterocycles. The molecule has 1 saturated heterocycles. The number of piperidine rings is 1. The molecular formula is C17H22ClNO5. The molecule has 24 heavy (non-hydrogen) atoms. The lowest BCUT2D eigenvalue weighted by Crippen LogP contribution is -2.41. The molecule has 1 heterocycles. The van der Waals surface area contributed by atoms with Crippen LogP contribution in [0.1, 0.15) is 25.3 Å². The number of hydrogen-bond acceptors (Lipinski definition) is 5. The Bertz CT molecular complexity index is 584. The van der Waals surface area contributed by atoms with E-state index in [4.69, 9.17) is 25.8 Å². The highest BCUT2D eigenvalue weighted by Crippen LogP contribution is 2.22. The molecule has 1 aliphatic heterocycles. The minimum absolute atomic E-state index is 0.137. The molecular weight excluding hydrogens is 334 g/mol. The second kappa shape index (κ2) is 8.78. The van der Waals surface area contributed by atoms with Crippen molar-refractivity contribution in [2.75, 3.05) is 26.5 Å². The van der Waals surface area contributed by atoms with Crippen LogP contribution in [0.15, 0.2) is 18.2 Å². The predicted octanol–water partition coefficient (Wildman–Crippen LogP) is 3.40. The van der Waals surface area contributed by atoms with Crippen LogP contribution in [0.25, 0.3) is 0 Å². The molecule has 0 unspecified atom stereocenters. The molecule has 132 valence electrons. The Morgan fingerprint density at radius 3 is 2.58 bits per heavy atom. The standard InChI is InChI=1S/C17H22ClNO5/c1-3-22-16(20)13-6-8-19(9-7-13)17(21)24-11-23-15-5-4-14(18)10-12(15)2/h4-5,10,13H,3,6-9,11H2,1-2H3. The van der Waals surface area contributed by atoms with E-state index in [0.29, 0.717) is 43.3 Å². The molecule has 1 aromatic rings. The highest BCUT2D eigenvalue weighted by Gasteiger charge is 2.28. The normalized spacial score (nSPS) is 15.0.